The highest BCUT2D eigenvalue weighted by Gasteiger charge is 2.21. The zero-order valence-electron chi connectivity index (χ0n) is 12.4. The van der Waals surface area contributed by atoms with Crippen LogP contribution in [0.1, 0.15) is 5.56 Å². The van der Waals surface area contributed by atoms with Crippen LogP contribution in [-0.2, 0) is 16.6 Å². The first-order valence-electron chi connectivity index (χ1n) is 6.56. The zero-order chi connectivity index (χ0) is 18.1. The van der Waals surface area contributed by atoms with Crippen LogP contribution in [0.25, 0.3) is 0 Å². The van der Waals surface area contributed by atoms with Gasteiger partial charge in [0.1, 0.15) is 5.69 Å². The molecule has 2 aromatic rings. The van der Waals surface area contributed by atoms with E-state index >= 15 is 0 Å². The number of halogens is 2. The molecule has 24 heavy (non-hydrogen) atoms. The van der Waals surface area contributed by atoms with Gasteiger partial charge in [-0.1, -0.05) is 6.07 Å². The second-order valence-corrected chi connectivity index (χ2v) is 6.62. The van der Waals surface area contributed by atoms with Gasteiger partial charge in [-0.3, -0.25) is 10.1 Å². The summed E-state index contributed by atoms with van der Waals surface area (Å²) in [5.41, 5.74) is 0.0324. The maximum absolute atomic E-state index is 13.2. The molecule has 0 unspecified atom stereocenters. The van der Waals surface area contributed by atoms with Crippen LogP contribution in [0.5, 0.6) is 0 Å². The topological polar surface area (TPSA) is 107 Å². The Kier molecular flexibility index (Phi) is 4.81. The second kappa shape index (κ2) is 6.49. The number of rotatable bonds is 5. The summed E-state index contributed by atoms with van der Waals surface area (Å²) < 4.78 is 48.8. The molecule has 0 saturated carbocycles. The Morgan fingerprint density at radius 1 is 1.17 bits per heavy atom. The first-order chi connectivity index (χ1) is 11.1. The number of nitrogens with zero attached hydrogens (tertiary/aromatic N) is 2. The predicted octanol–water partition coefficient (Wildman–Crippen LogP) is 2.16. The molecule has 2 aromatic carbocycles. The highest BCUT2D eigenvalue weighted by atomic mass is 32.2. The van der Waals surface area contributed by atoms with Crippen LogP contribution in [0.4, 0.5) is 20.2 Å². The van der Waals surface area contributed by atoms with Crippen molar-refractivity contribution in [3.63, 3.8) is 0 Å². The van der Waals surface area contributed by atoms with E-state index in [0.717, 1.165) is 24.3 Å². The molecule has 0 spiro atoms. The van der Waals surface area contributed by atoms with Crippen LogP contribution in [0.2, 0.25) is 0 Å². The van der Waals surface area contributed by atoms with Gasteiger partial charge >= 0.3 is 0 Å². The van der Waals surface area contributed by atoms with Gasteiger partial charge in [0.2, 0.25) is 10.0 Å². The van der Waals surface area contributed by atoms with Crippen LogP contribution in [0.3, 0.4) is 0 Å². The van der Waals surface area contributed by atoms with Gasteiger partial charge < -0.3 is 4.90 Å². The minimum absolute atomic E-state index is 0.0484. The summed E-state index contributed by atoms with van der Waals surface area (Å²) in [4.78, 5) is 11.5. The van der Waals surface area contributed by atoms with E-state index in [1.165, 1.54) is 24.1 Å². The summed E-state index contributed by atoms with van der Waals surface area (Å²) in [7, 11) is -2.58. The van der Waals surface area contributed by atoms with Crippen molar-refractivity contribution in [2.75, 3.05) is 11.9 Å². The maximum Gasteiger partial charge on any atom is 0.293 e. The average Bonchev–Trinajstić information content (AvgIpc) is 2.49. The monoisotopic (exact) mass is 357 g/mol. The molecule has 0 amide bonds. The van der Waals surface area contributed by atoms with Gasteiger partial charge in [-0.05, 0) is 29.8 Å². The van der Waals surface area contributed by atoms with E-state index in [9.17, 15) is 27.3 Å². The summed E-state index contributed by atoms with van der Waals surface area (Å²) in [6, 6.07) is 6.51. The van der Waals surface area contributed by atoms with Crippen LogP contribution in [0.15, 0.2) is 41.3 Å². The molecule has 0 atom stereocenters. The van der Waals surface area contributed by atoms with E-state index in [2.05, 4.69) is 0 Å². The van der Waals surface area contributed by atoms with Crippen molar-refractivity contribution in [1.82, 2.24) is 0 Å². The van der Waals surface area contributed by atoms with Gasteiger partial charge in [0.25, 0.3) is 5.69 Å². The molecule has 0 aliphatic heterocycles. The molecule has 0 bridgehead atoms. The summed E-state index contributed by atoms with van der Waals surface area (Å²) >= 11 is 0. The number of sulfonamides is 1. The molecule has 0 aliphatic carbocycles. The quantitative estimate of drug-likeness (QED) is 0.652. The smallest absolute Gasteiger partial charge is 0.293 e. The molecule has 0 saturated heterocycles. The molecule has 2 rings (SSSR count). The standard InChI is InChI=1S/C14H13F2N3O4S/c1-18(8-9-2-4-11(15)12(16)6-9)13-5-3-10(24(17,22)23)7-14(13)19(20)21/h2-7H,8H2,1H3,(H2,17,22,23). The van der Waals surface area contributed by atoms with E-state index < -0.39 is 32.3 Å². The van der Waals surface area contributed by atoms with Gasteiger partial charge in [0.05, 0.1) is 9.82 Å². The van der Waals surface area contributed by atoms with Gasteiger partial charge in [0, 0.05) is 19.7 Å². The Bertz CT molecular complexity index is 903. The van der Waals surface area contributed by atoms with E-state index in [1.54, 1.807) is 0 Å². The van der Waals surface area contributed by atoms with Crippen LogP contribution in [-0.4, -0.2) is 20.4 Å². The van der Waals surface area contributed by atoms with E-state index in [-0.39, 0.29) is 17.1 Å². The molecule has 10 heteroatoms. The minimum Gasteiger partial charge on any atom is -0.365 e. The number of anilines is 1. The zero-order valence-corrected chi connectivity index (χ0v) is 13.3. The van der Waals surface area contributed by atoms with E-state index in [4.69, 9.17) is 5.14 Å². The normalized spacial score (nSPS) is 11.3. The fraction of sp³-hybridized carbons (Fsp3) is 0.143. The Balaban J connectivity index is 2.39. The molecule has 0 heterocycles. The average molecular weight is 357 g/mol. The van der Waals surface area contributed by atoms with Crippen molar-refractivity contribution in [1.29, 1.82) is 0 Å². The highest BCUT2D eigenvalue weighted by molar-refractivity contribution is 7.89. The lowest BCUT2D eigenvalue weighted by Crippen LogP contribution is -2.19. The lowest BCUT2D eigenvalue weighted by molar-refractivity contribution is -0.384. The molecule has 0 aromatic heterocycles. The summed E-state index contributed by atoms with van der Waals surface area (Å²) in [6.45, 7) is 0.0484. The van der Waals surface area contributed by atoms with Crippen LogP contribution < -0.4 is 10.0 Å². The number of benzene rings is 2. The second-order valence-electron chi connectivity index (χ2n) is 5.06. The van der Waals surface area contributed by atoms with E-state index in [1.807, 2.05) is 0 Å². The van der Waals surface area contributed by atoms with Gasteiger partial charge in [0.15, 0.2) is 11.6 Å². The van der Waals surface area contributed by atoms with Crippen molar-refractivity contribution in [3.8, 4) is 0 Å². The lowest BCUT2D eigenvalue weighted by Gasteiger charge is -2.19. The largest absolute Gasteiger partial charge is 0.365 e. The summed E-state index contributed by atoms with van der Waals surface area (Å²) in [5.74, 6) is -2.02. The number of hydrogen-bond donors (Lipinski definition) is 1. The third-order valence-corrected chi connectivity index (χ3v) is 4.20. The Morgan fingerprint density at radius 3 is 2.38 bits per heavy atom. The van der Waals surface area contributed by atoms with Crippen molar-refractivity contribution < 1.29 is 22.1 Å². The van der Waals surface area contributed by atoms with Crippen molar-refractivity contribution >= 4 is 21.4 Å². The summed E-state index contributed by atoms with van der Waals surface area (Å²) in [5, 5.41) is 16.2. The number of hydrogen-bond acceptors (Lipinski definition) is 5. The van der Waals surface area contributed by atoms with E-state index in [0.29, 0.717) is 5.56 Å². The third-order valence-electron chi connectivity index (χ3n) is 3.29. The van der Waals surface area contributed by atoms with Gasteiger partial charge in [-0.2, -0.15) is 0 Å². The Labute approximate surface area is 136 Å². The first-order valence-corrected chi connectivity index (χ1v) is 8.10. The lowest BCUT2D eigenvalue weighted by atomic mass is 10.2. The molecular formula is C14H13F2N3O4S. The van der Waals surface area contributed by atoms with Crippen LogP contribution in [0, 0.1) is 21.7 Å². The Hall–Kier alpha value is -2.59. The third kappa shape index (κ3) is 3.84. The van der Waals surface area contributed by atoms with Crippen molar-refractivity contribution in [3.05, 3.63) is 63.7 Å². The van der Waals surface area contributed by atoms with Gasteiger partial charge in [-0.25, -0.2) is 22.3 Å². The molecule has 128 valence electrons. The first kappa shape index (κ1) is 17.8. The predicted molar refractivity (Wildman–Crippen MR) is 82.9 cm³/mol. The number of nitrogens with two attached hydrogens (primary N) is 1. The molecule has 0 fully saturated rings. The molecule has 0 radical (unpaired) electrons. The Morgan fingerprint density at radius 2 is 1.83 bits per heavy atom. The van der Waals surface area contributed by atoms with Crippen LogP contribution >= 0.6 is 0 Å². The molecule has 2 N–H and O–H groups in total. The minimum atomic E-state index is -4.08. The summed E-state index contributed by atoms with van der Waals surface area (Å²) in [6.07, 6.45) is 0. The fourth-order valence-corrected chi connectivity index (χ4v) is 2.68. The highest BCUT2D eigenvalue weighted by Crippen LogP contribution is 2.30. The van der Waals surface area contributed by atoms with Gasteiger partial charge in [-0.15, -0.1) is 0 Å². The molecular weight excluding hydrogens is 344 g/mol. The SMILES string of the molecule is CN(Cc1ccc(F)c(F)c1)c1ccc(S(N)(=O)=O)cc1[N+](=O)[O-]. The fourth-order valence-electron chi connectivity index (χ4n) is 2.15. The number of nitro benzene ring substituents is 1. The molecule has 7 nitrogen and oxygen atoms in total. The maximum atomic E-state index is 13.2. The number of nitro groups is 1. The number of primary sulfonamides is 1. The van der Waals surface area contributed by atoms with Crippen molar-refractivity contribution in [2.45, 2.75) is 11.4 Å². The molecule has 0 aliphatic rings. The van der Waals surface area contributed by atoms with Crippen molar-refractivity contribution in [2.24, 2.45) is 5.14 Å².